The van der Waals surface area contributed by atoms with Crippen LogP contribution < -0.4 is 10.5 Å². The molecule has 0 bridgehead atoms. The third kappa shape index (κ3) is 1.59. The highest BCUT2D eigenvalue weighted by Gasteiger charge is 2.37. The second-order valence-electron chi connectivity index (χ2n) is 5.69. The van der Waals surface area contributed by atoms with Crippen LogP contribution in [0.15, 0.2) is 36.4 Å². The molecule has 0 saturated carbocycles. The molecule has 4 rings (SSSR count). The molecule has 2 aromatic rings. The van der Waals surface area contributed by atoms with E-state index in [1.165, 1.54) is 11.6 Å². The van der Waals surface area contributed by atoms with E-state index in [1.54, 1.807) is 6.07 Å². The van der Waals surface area contributed by atoms with E-state index in [0.717, 1.165) is 48.3 Å². The van der Waals surface area contributed by atoms with Crippen molar-refractivity contribution >= 4 is 0 Å². The minimum Gasteiger partial charge on any atom is -0.493 e. The van der Waals surface area contributed by atoms with Crippen LogP contribution in [0, 0.1) is 5.82 Å². The van der Waals surface area contributed by atoms with Gasteiger partial charge in [-0.15, -0.1) is 0 Å². The Balaban J connectivity index is 1.83. The average Bonchev–Trinajstić information content (AvgIpc) is 3.03. The first kappa shape index (κ1) is 11.9. The van der Waals surface area contributed by atoms with E-state index in [4.69, 9.17) is 10.5 Å². The van der Waals surface area contributed by atoms with E-state index in [2.05, 4.69) is 6.07 Å². The van der Waals surface area contributed by atoms with Crippen LogP contribution in [0.1, 0.15) is 28.7 Å². The molecule has 102 valence electrons. The Morgan fingerprint density at radius 1 is 1.05 bits per heavy atom. The van der Waals surface area contributed by atoms with Gasteiger partial charge in [-0.1, -0.05) is 12.1 Å². The minimum absolute atomic E-state index is 0.185. The quantitative estimate of drug-likeness (QED) is 0.864. The Morgan fingerprint density at radius 2 is 1.95 bits per heavy atom. The van der Waals surface area contributed by atoms with Crippen LogP contribution in [0.5, 0.6) is 5.75 Å². The average molecular weight is 269 g/mol. The van der Waals surface area contributed by atoms with Gasteiger partial charge >= 0.3 is 0 Å². The van der Waals surface area contributed by atoms with Gasteiger partial charge in [0.2, 0.25) is 0 Å². The van der Waals surface area contributed by atoms with Gasteiger partial charge in [-0.3, -0.25) is 0 Å². The lowest BCUT2D eigenvalue weighted by atomic mass is 9.84. The van der Waals surface area contributed by atoms with Crippen molar-refractivity contribution in [3.05, 3.63) is 64.5 Å². The van der Waals surface area contributed by atoms with Crippen LogP contribution in [0.25, 0.3) is 0 Å². The topological polar surface area (TPSA) is 35.2 Å². The number of hydrogen-bond donors (Lipinski definition) is 1. The number of ether oxygens (including phenoxy) is 1. The SMILES string of the molecule is NC1(c2ccc3c(c2)CCO3)CCc2cc(F)ccc21. The van der Waals surface area contributed by atoms with Gasteiger partial charge in [0.1, 0.15) is 11.6 Å². The van der Waals surface area contributed by atoms with E-state index in [-0.39, 0.29) is 5.82 Å². The van der Waals surface area contributed by atoms with Crippen LogP contribution in [0.3, 0.4) is 0 Å². The van der Waals surface area contributed by atoms with Gasteiger partial charge in [0.05, 0.1) is 12.1 Å². The van der Waals surface area contributed by atoms with E-state index < -0.39 is 5.54 Å². The summed E-state index contributed by atoms with van der Waals surface area (Å²) in [7, 11) is 0. The first-order chi connectivity index (χ1) is 9.67. The molecule has 2 aliphatic rings. The maximum atomic E-state index is 13.3. The molecule has 1 aliphatic carbocycles. The molecule has 2 aromatic carbocycles. The predicted octanol–water partition coefficient (Wildman–Crippen LogP) is 2.91. The van der Waals surface area contributed by atoms with Gasteiger partial charge in [-0.2, -0.15) is 0 Å². The molecule has 20 heavy (non-hydrogen) atoms. The van der Waals surface area contributed by atoms with Crippen LogP contribution in [0.4, 0.5) is 4.39 Å². The van der Waals surface area contributed by atoms with Gasteiger partial charge in [0.25, 0.3) is 0 Å². The minimum atomic E-state index is -0.499. The monoisotopic (exact) mass is 269 g/mol. The Kier molecular flexibility index (Phi) is 2.42. The van der Waals surface area contributed by atoms with Crippen molar-refractivity contribution in [1.82, 2.24) is 0 Å². The highest BCUT2D eigenvalue weighted by molar-refractivity contribution is 5.50. The molecule has 1 heterocycles. The molecule has 0 saturated heterocycles. The molecule has 0 aromatic heterocycles. The zero-order valence-electron chi connectivity index (χ0n) is 11.2. The van der Waals surface area contributed by atoms with Gasteiger partial charge in [-0.25, -0.2) is 4.39 Å². The summed E-state index contributed by atoms with van der Waals surface area (Å²) < 4.78 is 18.9. The van der Waals surface area contributed by atoms with Crippen molar-refractivity contribution in [3.63, 3.8) is 0 Å². The van der Waals surface area contributed by atoms with E-state index in [9.17, 15) is 4.39 Å². The first-order valence-corrected chi connectivity index (χ1v) is 7.01. The fraction of sp³-hybridized carbons (Fsp3) is 0.294. The number of rotatable bonds is 1. The lowest BCUT2D eigenvalue weighted by Crippen LogP contribution is -2.35. The van der Waals surface area contributed by atoms with Crippen LogP contribution in [0.2, 0.25) is 0 Å². The van der Waals surface area contributed by atoms with Crippen molar-refractivity contribution in [2.75, 3.05) is 6.61 Å². The molecule has 0 radical (unpaired) electrons. The van der Waals surface area contributed by atoms with Crippen molar-refractivity contribution in [3.8, 4) is 5.75 Å². The van der Waals surface area contributed by atoms with E-state index >= 15 is 0 Å². The first-order valence-electron chi connectivity index (χ1n) is 7.01. The fourth-order valence-corrected chi connectivity index (χ4v) is 3.43. The zero-order chi connectivity index (χ0) is 13.7. The van der Waals surface area contributed by atoms with Crippen LogP contribution in [-0.2, 0) is 18.4 Å². The molecular weight excluding hydrogens is 253 g/mol. The largest absolute Gasteiger partial charge is 0.493 e. The van der Waals surface area contributed by atoms with Gasteiger partial charge in [0.15, 0.2) is 0 Å². The molecule has 0 amide bonds. The normalized spacial score (nSPS) is 23.3. The summed E-state index contributed by atoms with van der Waals surface area (Å²) in [6, 6.07) is 11.2. The number of halogens is 1. The lowest BCUT2D eigenvalue weighted by molar-refractivity contribution is 0.356. The summed E-state index contributed by atoms with van der Waals surface area (Å²) in [4.78, 5) is 0. The summed E-state index contributed by atoms with van der Waals surface area (Å²) in [5.41, 5.74) is 10.6. The van der Waals surface area contributed by atoms with Crippen molar-refractivity contribution in [2.24, 2.45) is 5.73 Å². The number of hydrogen-bond acceptors (Lipinski definition) is 2. The predicted molar refractivity (Wildman–Crippen MR) is 75.3 cm³/mol. The summed E-state index contributed by atoms with van der Waals surface area (Å²) in [6.45, 7) is 0.748. The molecule has 3 heteroatoms. The lowest BCUT2D eigenvalue weighted by Gasteiger charge is -2.26. The standard InChI is InChI=1S/C17H16FNO/c18-14-2-3-15-11(10-14)5-7-17(15,19)13-1-4-16-12(9-13)6-8-20-16/h1-4,9-10H,5-8,19H2. The Morgan fingerprint density at radius 3 is 2.85 bits per heavy atom. The molecular formula is C17H16FNO. The summed E-state index contributed by atoms with van der Waals surface area (Å²) >= 11 is 0. The third-order valence-corrected chi connectivity index (χ3v) is 4.54. The smallest absolute Gasteiger partial charge is 0.123 e. The fourth-order valence-electron chi connectivity index (χ4n) is 3.43. The Labute approximate surface area is 117 Å². The molecule has 2 N–H and O–H groups in total. The highest BCUT2D eigenvalue weighted by Crippen LogP contribution is 2.41. The highest BCUT2D eigenvalue weighted by atomic mass is 19.1. The van der Waals surface area contributed by atoms with Crippen molar-refractivity contribution in [1.29, 1.82) is 0 Å². The molecule has 1 atom stereocenters. The van der Waals surface area contributed by atoms with Crippen LogP contribution in [-0.4, -0.2) is 6.61 Å². The van der Waals surface area contributed by atoms with E-state index in [0.29, 0.717) is 0 Å². The Hall–Kier alpha value is -1.87. The molecule has 0 fully saturated rings. The van der Waals surface area contributed by atoms with Crippen LogP contribution >= 0.6 is 0 Å². The van der Waals surface area contributed by atoms with Gasteiger partial charge < -0.3 is 10.5 Å². The maximum absolute atomic E-state index is 13.3. The molecule has 1 unspecified atom stereocenters. The van der Waals surface area contributed by atoms with Gasteiger partial charge in [-0.05, 0) is 59.4 Å². The number of fused-ring (bicyclic) bond motifs is 2. The second kappa shape index (κ2) is 4.06. The Bertz CT molecular complexity index is 697. The van der Waals surface area contributed by atoms with Crippen molar-refractivity contribution in [2.45, 2.75) is 24.8 Å². The molecule has 1 aliphatic heterocycles. The zero-order valence-corrected chi connectivity index (χ0v) is 11.2. The third-order valence-electron chi connectivity index (χ3n) is 4.54. The summed E-state index contributed by atoms with van der Waals surface area (Å²) in [5.74, 6) is 0.782. The maximum Gasteiger partial charge on any atom is 0.123 e. The van der Waals surface area contributed by atoms with Gasteiger partial charge in [0, 0.05) is 6.42 Å². The number of aryl methyl sites for hydroxylation is 1. The van der Waals surface area contributed by atoms with E-state index in [1.807, 2.05) is 18.2 Å². The van der Waals surface area contributed by atoms with Crippen molar-refractivity contribution < 1.29 is 9.13 Å². The summed E-state index contributed by atoms with van der Waals surface area (Å²) in [5, 5.41) is 0. The second-order valence-corrected chi connectivity index (χ2v) is 5.69. The number of nitrogens with two attached hydrogens (primary N) is 1. The number of benzene rings is 2. The summed E-state index contributed by atoms with van der Waals surface area (Å²) in [6.07, 6.45) is 2.60. The molecule has 2 nitrogen and oxygen atoms in total. The molecule has 0 spiro atoms.